The number of carbonyl (C=O) groups excluding carboxylic acids is 1. The minimum atomic E-state index is -4.27. The van der Waals surface area contributed by atoms with Gasteiger partial charge in [-0.15, -0.1) is 0 Å². The highest BCUT2D eigenvalue weighted by molar-refractivity contribution is 9.10. The molecular formula is C13H14BrF3N2O. The van der Waals surface area contributed by atoms with Crippen LogP contribution in [-0.4, -0.2) is 23.1 Å². The predicted octanol–water partition coefficient (Wildman–Crippen LogP) is 3.70. The summed E-state index contributed by atoms with van der Waals surface area (Å²) in [6, 6.07) is 0.684. The zero-order valence-corrected chi connectivity index (χ0v) is 12.2. The van der Waals surface area contributed by atoms with Crippen molar-refractivity contribution in [2.24, 2.45) is 5.92 Å². The molecule has 1 aliphatic rings. The Kier molecular flexibility index (Phi) is 4.67. The standard InChI is InChI=1S/C13H14BrF3N2O/c14-9-5-8(6-18-7-9)12(20)19-11-4-2-1-3-10(11)13(15,16)17/h5-7,10-11H,1-4H2,(H,19,20)/t10-,11-/m1/s1. The highest BCUT2D eigenvalue weighted by Gasteiger charge is 2.45. The number of rotatable bonds is 2. The van der Waals surface area contributed by atoms with Crippen molar-refractivity contribution in [3.8, 4) is 0 Å². The van der Waals surface area contributed by atoms with Crippen molar-refractivity contribution in [1.82, 2.24) is 10.3 Å². The fraction of sp³-hybridized carbons (Fsp3) is 0.538. The van der Waals surface area contributed by atoms with Gasteiger partial charge in [0.25, 0.3) is 5.91 Å². The van der Waals surface area contributed by atoms with Crippen molar-refractivity contribution < 1.29 is 18.0 Å². The van der Waals surface area contributed by atoms with E-state index in [2.05, 4.69) is 26.2 Å². The van der Waals surface area contributed by atoms with E-state index < -0.39 is 24.0 Å². The summed E-state index contributed by atoms with van der Waals surface area (Å²) >= 11 is 3.18. The number of carbonyl (C=O) groups is 1. The molecule has 1 amide bonds. The van der Waals surface area contributed by atoms with Gasteiger partial charge in [0.2, 0.25) is 0 Å². The van der Waals surface area contributed by atoms with Crippen LogP contribution in [0.1, 0.15) is 36.0 Å². The fourth-order valence-electron chi connectivity index (χ4n) is 2.48. The van der Waals surface area contributed by atoms with E-state index in [1.807, 2.05) is 0 Å². The number of amides is 1. The lowest BCUT2D eigenvalue weighted by Gasteiger charge is -2.33. The molecule has 0 unspecified atom stereocenters. The number of nitrogens with zero attached hydrogens (tertiary/aromatic N) is 1. The lowest BCUT2D eigenvalue weighted by molar-refractivity contribution is -0.187. The van der Waals surface area contributed by atoms with E-state index in [0.717, 1.165) is 0 Å². The zero-order valence-electron chi connectivity index (χ0n) is 10.6. The van der Waals surface area contributed by atoms with Gasteiger partial charge in [0.05, 0.1) is 11.5 Å². The van der Waals surface area contributed by atoms with Crippen LogP contribution in [0.3, 0.4) is 0 Å². The molecular weight excluding hydrogens is 337 g/mol. The number of hydrogen-bond acceptors (Lipinski definition) is 2. The SMILES string of the molecule is O=C(N[C@@H]1CCCC[C@H]1C(F)(F)F)c1cncc(Br)c1. The average Bonchev–Trinajstić information content (AvgIpc) is 2.38. The van der Waals surface area contributed by atoms with Gasteiger partial charge in [-0.25, -0.2) is 0 Å². The summed E-state index contributed by atoms with van der Waals surface area (Å²) in [4.78, 5) is 15.8. The minimum Gasteiger partial charge on any atom is -0.349 e. The van der Waals surface area contributed by atoms with Crippen molar-refractivity contribution in [2.75, 3.05) is 0 Å². The van der Waals surface area contributed by atoms with Crippen LogP contribution < -0.4 is 5.32 Å². The molecule has 110 valence electrons. The molecule has 0 bridgehead atoms. The van der Waals surface area contributed by atoms with Crippen molar-refractivity contribution in [3.05, 3.63) is 28.5 Å². The Labute approximate surface area is 123 Å². The molecule has 1 saturated carbocycles. The molecule has 0 spiro atoms. The Bertz CT molecular complexity index is 493. The quantitative estimate of drug-likeness (QED) is 0.883. The summed E-state index contributed by atoms with van der Waals surface area (Å²) in [6.45, 7) is 0. The third-order valence-corrected chi connectivity index (χ3v) is 3.90. The van der Waals surface area contributed by atoms with Gasteiger partial charge in [-0.3, -0.25) is 9.78 Å². The first-order valence-electron chi connectivity index (χ1n) is 6.36. The van der Waals surface area contributed by atoms with Crippen LogP contribution in [0.5, 0.6) is 0 Å². The molecule has 3 nitrogen and oxygen atoms in total. The summed E-state index contributed by atoms with van der Waals surface area (Å²) in [6.07, 6.45) is 0.265. The number of halogens is 4. The average molecular weight is 351 g/mol. The van der Waals surface area contributed by atoms with Crippen LogP contribution in [-0.2, 0) is 0 Å². The highest BCUT2D eigenvalue weighted by Crippen LogP contribution is 2.37. The van der Waals surface area contributed by atoms with Crippen molar-refractivity contribution in [1.29, 1.82) is 0 Å². The number of pyridine rings is 1. The number of alkyl halides is 3. The predicted molar refractivity (Wildman–Crippen MR) is 71.2 cm³/mol. The van der Waals surface area contributed by atoms with Gasteiger partial charge >= 0.3 is 6.18 Å². The summed E-state index contributed by atoms with van der Waals surface area (Å²) < 4.78 is 39.4. The summed E-state index contributed by atoms with van der Waals surface area (Å²) in [5, 5.41) is 2.50. The van der Waals surface area contributed by atoms with Gasteiger partial charge in [-0.05, 0) is 34.8 Å². The van der Waals surface area contributed by atoms with E-state index >= 15 is 0 Å². The molecule has 0 aromatic carbocycles. The molecule has 1 N–H and O–H groups in total. The number of nitrogens with one attached hydrogen (secondary N) is 1. The highest BCUT2D eigenvalue weighted by atomic mass is 79.9. The molecule has 1 aliphatic carbocycles. The van der Waals surface area contributed by atoms with E-state index in [0.29, 0.717) is 23.7 Å². The van der Waals surface area contributed by atoms with Crippen molar-refractivity contribution >= 4 is 21.8 Å². The van der Waals surface area contributed by atoms with E-state index in [-0.39, 0.29) is 12.0 Å². The summed E-state index contributed by atoms with van der Waals surface area (Å²) in [5.74, 6) is -1.97. The first-order chi connectivity index (χ1) is 9.38. The second-order valence-corrected chi connectivity index (χ2v) is 5.82. The molecule has 0 saturated heterocycles. The molecule has 1 aromatic heterocycles. The van der Waals surface area contributed by atoms with Gasteiger partial charge in [-0.1, -0.05) is 12.8 Å². The summed E-state index contributed by atoms with van der Waals surface area (Å²) in [7, 11) is 0. The lowest BCUT2D eigenvalue weighted by atomic mass is 9.84. The maximum absolute atomic E-state index is 12.9. The molecule has 0 aliphatic heterocycles. The van der Waals surface area contributed by atoms with Crippen LogP contribution >= 0.6 is 15.9 Å². The molecule has 20 heavy (non-hydrogen) atoms. The Morgan fingerprint density at radius 3 is 2.65 bits per heavy atom. The number of hydrogen-bond donors (Lipinski definition) is 1. The van der Waals surface area contributed by atoms with Crippen LogP contribution in [0.25, 0.3) is 0 Å². The molecule has 0 radical (unpaired) electrons. The molecule has 1 fully saturated rings. The van der Waals surface area contributed by atoms with Crippen molar-refractivity contribution in [2.45, 2.75) is 37.9 Å². The van der Waals surface area contributed by atoms with Crippen LogP contribution in [0.2, 0.25) is 0 Å². The van der Waals surface area contributed by atoms with Crippen LogP contribution in [0.4, 0.5) is 13.2 Å². The maximum Gasteiger partial charge on any atom is 0.393 e. The molecule has 7 heteroatoms. The van der Waals surface area contributed by atoms with E-state index in [4.69, 9.17) is 0 Å². The van der Waals surface area contributed by atoms with Gasteiger partial charge in [0.1, 0.15) is 0 Å². The minimum absolute atomic E-state index is 0.0746. The van der Waals surface area contributed by atoms with Gasteiger partial charge in [-0.2, -0.15) is 13.2 Å². The third-order valence-electron chi connectivity index (χ3n) is 3.47. The second kappa shape index (κ2) is 6.11. The van der Waals surface area contributed by atoms with Crippen molar-refractivity contribution in [3.63, 3.8) is 0 Å². The Morgan fingerprint density at radius 2 is 2.00 bits per heavy atom. The topological polar surface area (TPSA) is 42.0 Å². The Hall–Kier alpha value is -1.11. The molecule has 1 heterocycles. The largest absolute Gasteiger partial charge is 0.393 e. The van der Waals surface area contributed by atoms with E-state index in [1.54, 1.807) is 0 Å². The number of aromatic nitrogens is 1. The fourth-order valence-corrected chi connectivity index (χ4v) is 2.85. The van der Waals surface area contributed by atoms with Gasteiger partial charge in [0.15, 0.2) is 0 Å². The maximum atomic E-state index is 12.9. The van der Waals surface area contributed by atoms with E-state index in [1.165, 1.54) is 18.5 Å². The van der Waals surface area contributed by atoms with E-state index in [9.17, 15) is 18.0 Å². The first-order valence-corrected chi connectivity index (χ1v) is 7.15. The van der Waals surface area contributed by atoms with Gasteiger partial charge < -0.3 is 5.32 Å². The first kappa shape index (κ1) is 15.3. The van der Waals surface area contributed by atoms with Gasteiger partial charge in [0, 0.05) is 22.9 Å². The molecule has 2 atom stereocenters. The van der Waals surface area contributed by atoms with Crippen LogP contribution in [0, 0.1) is 5.92 Å². The smallest absolute Gasteiger partial charge is 0.349 e. The molecule has 1 aromatic rings. The third kappa shape index (κ3) is 3.71. The summed E-state index contributed by atoms with van der Waals surface area (Å²) in [5.41, 5.74) is 0.255. The normalized spacial score (nSPS) is 23.4. The Balaban J connectivity index is 2.09. The van der Waals surface area contributed by atoms with Crippen LogP contribution in [0.15, 0.2) is 22.9 Å². The zero-order chi connectivity index (χ0) is 14.8. The lowest BCUT2D eigenvalue weighted by Crippen LogP contribution is -2.47. The second-order valence-electron chi connectivity index (χ2n) is 4.90. The monoisotopic (exact) mass is 350 g/mol. The Morgan fingerprint density at radius 1 is 1.30 bits per heavy atom. The molecule has 2 rings (SSSR count).